The van der Waals surface area contributed by atoms with Crippen LogP contribution < -0.4 is 0 Å². The highest BCUT2D eigenvalue weighted by molar-refractivity contribution is 4.63. The first-order valence-electron chi connectivity index (χ1n) is 7.01. The van der Waals surface area contributed by atoms with E-state index in [-0.39, 0.29) is 0 Å². The summed E-state index contributed by atoms with van der Waals surface area (Å²) in [5.41, 5.74) is 0. The molecule has 0 aliphatic heterocycles. The van der Waals surface area contributed by atoms with E-state index in [1.54, 1.807) is 0 Å². The summed E-state index contributed by atoms with van der Waals surface area (Å²) < 4.78 is 0. The third kappa shape index (κ3) is 8.96. The van der Waals surface area contributed by atoms with Crippen LogP contribution in [0.15, 0.2) is 0 Å². The zero-order valence-corrected chi connectivity index (χ0v) is 11.2. The van der Waals surface area contributed by atoms with E-state index in [0.717, 1.165) is 18.3 Å². The molecule has 1 radical (unpaired) electrons. The smallest absolute Gasteiger partial charge is 0.0417 e. The fourth-order valence-corrected chi connectivity index (χ4v) is 1.99. The predicted molar refractivity (Wildman–Crippen MR) is 70.9 cm³/mol. The Balaban J connectivity index is 3.16. The van der Waals surface area contributed by atoms with Gasteiger partial charge in [-0.2, -0.15) is 0 Å². The number of unbranched alkanes of at least 4 members (excludes halogenated alkanes) is 6. The lowest BCUT2D eigenvalue weighted by Gasteiger charge is -2.17. The van der Waals surface area contributed by atoms with Crippen molar-refractivity contribution in [2.24, 2.45) is 11.8 Å². The van der Waals surface area contributed by atoms with Gasteiger partial charge in [-0.15, -0.1) is 0 Å². The minimum Gasteiger partial charge on any atom is -0.0654 e. The monoisotopic (exact) mass is 211 g/mol. The number of hydrogen-bond acceptors (Lipinski definition) is 0. The van der Waals surface area contributed by atoms with Gasteiger partial charge in [0, 0.05) is 0 Å². The Morgan fingerprint density at radius 2 is 1.33 bits per heavy atom. The largest absolute Gasteiger partial charge is 0.0654 e. The van der Waals surface area contributed by atoms with Gasteiger partial charge >= 0.3 is 0 Å². The van der Waals surface area contributed by atoms with E-state index in [9.17, 15) is 0 Å². The lowest BCUT2D eigenvalue weighted by Crippen LogP contribution is -2.06. The normalized spacial score (nSPS) is 15.2. The standard InChI is InChI=1S/C15H31/c1-5-7-8-9-10-11-12-13-15(4)14(3)6-2/h14-15H,2,5-13H2,1,3-4H3. The Bertz CT molecular complexity index is 117. The van der Waals surface area contributed by atoms with Crippen molar-refractivity contribution in [3.05, 3.63) is 6.92 Å². The van der Waals surface area contributed by atoms with Gasteiger partial charge in [0.1, 0.15) is 0 Å². The van der Waals surface area contributed by atoms with Crippen LogP contribution in [0.1, 0.15) is 78.6 Å². The minimum absolute atomic E-state index is 0.810. The second-order valence-corrected chi connectivity index (χ2v) is 5.15. The van der Waals surface area contributed by atoms with Gasteiger partial charge in [-0.25, -0.2) is 0 Å². The Hall–Kier alpha value is 0. The molecule has 0 heteroatoms. The van der Waals surface area contributed by atoms with Crippen molar-refractivity contribution in [2.45, 2.75) is 78.6 Å². The molecule has 0 aliphatic carbocycles. The summed E-state index contributed by atoms with van der Waals surface area (Å²) in [4.78, 5) is 0. The molecule has 0 heterocycles. The van der Waals surface area contributed by atoms with Crippen molar-refractivity contribution in [3.63, 3.8) is 0 Å². The minimum atomic E-state index is 0.810. The first-order chi connectivity index (χ1) is 7.22. The molecule has 0 aliphatic rings. The third-order valence-corrected chi connectivity index (χ3v) is 3.69. The van der Waals surface area contributed by atoms with Gasteiger partial charge in [0.05, 0.1) is 0 Å². The topological polar surface area (TPSA) is 0 Å². The van der Waals surface area contributed by atoms with E-state index in [1.807, 2.05) is 0 Å². The first kappa shape index (κ1) is 15.0. The molecule has 15 heavy (non-hydrogen) atoms. The Labute approximate surface area is 97.8 Å². The molecule has 91 valence electrons. The van der Waals surface area contributed by atoms with Crippen molar-refractivity contribution in [3.8, 4) is 0 Å². The first-order valence-corrected chi connectivity index (χ1v) is 7.01. The second-order valence-electron chi connectivity index (χ2n) is 5.15. The molecule has 0 nitrogen and oxygen atoms in total. The van der Waals surface area contributed by atoms with Gasteiger partial charge < -0.3 is 0 Å². The summed E-state index contributed by atoms with van der Waals surface area (Å²) in [5, 5.41) is 0. The van der Waals surface area contributed by atoms with Crippen LogP contribution in [0.5, 0.6) is 0 Å². The van der Waals surface area contributed by atoms with Crippen LogP contribution >= 0.6 is 0 Å². The van der Waals surface area contributed by atoms with Gasteiger partial charge in [-0.05, 0) is 11.8 Å². The summed E-state index contributed by atoms with van der Waals surface area (Å²) in [7, 11) is 0. The van der Waals surface area contributed by atoms with E-state index in [2.05, 4.69) is 27.7 Å². The number of rotatable bonds is 10. The molecule has 0 saturated heterocycles. The summed E-state index contributed by atoms with van der Waals surface area (Å²) in [5.74, 6) is 1.68. The second kappa shape index (κ2) is 10.5. The maximum atomic E-state index is 3.98. The van der Waals surface area contributed by atoms with E-state index >= 15 is 0 Å². The molecule has 2 unspecified atom stereocenters. The predicted octanol–water partition coefficient (Wildman–Crippen LogP) is 5.62. The van der Waals surface area contributed by atoms with Gasteiger partial charge in [-0.3, -0.25) is 0 Å². The highest BCUT2D eigenvalue weighted by Gasteiger charge is 2.08. The number of hydrogen-bond donors (Lipinski definition) is 0. The van der Waals surface area contributed by atoms with E-state index in [0.29, 0.717) is 0 Å². The van der Waals surface area contributed by atoms with Crippen LogP contribution in [-0.4, -0.2) is 0 Å². The Kier molecular flexibility index (Phi) is 10.5. The Morgan fingerprint density at radius 3 is 1.87 bits per heavy atom. The average molecular weight is 211 g/mol. The molecule has 0 bridgehead atoms. The molecular weight excluding hydrogens is 180 g/mol. The molecule has 0 aromatic carbocycles. The molecule has 0 saturated carbocycles. The van der Waals surface area contributed by atoms with Crippen molar-refractivity contribution in [1.29, 1.82) is 0 Å². The maximum Gasteiger partial charge on any atom is -0.0417 e. The summed E-state index contributed by atoms with van der Waals surface area (Å²) >= 11 is 0. The van der Waals surface area contributed by atoms with Crippen molar-refractivity contribution in [2.75, 3.05) is 0 Å². The van der Waals surface area contributed by atoms with Crippen LogP contribution in [0.4, 0.5) is 0 Å². The quantitative estimate of drug-likeness (QED) is 0.411. The van der Waals surface area contributed by atoms with Crippen LogP contribution in [0, 0.1) is 18.8 Å². The molecule has 0 rings (SSSR count). The zero-order valence-electron chi connectivity index (χ0n) is 11.2. The van der Waals surface area contributed by atoms with Gasteiger partial charge in [0.25, 0.3) is 0 Å². The van der Waals surface area contributed by atoms with Gasteiger partial charge in [-0.1, -0.05) is 85.5 Å². The van der Waals surface area contributed by atoms with E-state index < -0.39 is 0 Å². The third-order valence-electron chi connectivity index (χ3n) is 3.69. The van der Waals surface area contributed by atoms with Gasteiger partial charge in [0.15, 0.2) is 0 Å². The van der Waals surface area contributed by atoms with Crippen molar-refractivity contribution < 1.29 is 0 Å². The molecular formula is C15H31. The van der Waals surface area contributed by atoms with Crippen LogP contribution in [0.2, 0.25) is 0 Å². The molecule has 0 fully saturated rings. The van der Waals surface area contributed by atoms with E-state index in [1.165, 1.54) is 51.4 Å². The lowest BCUT2D eigenvalue weighted by atomic mass is 9.89. The highest BCUT2D eigenvalue weighted by atomic mass is 14.1. The van der Waals surface area contributed by atoms with Crippen molar-refractivity contribution >= 4 is 0 Å². The average Bonchev–Trinajstić information content (AvgIpc) is 2.26. The fraction of sp³-hybridized carbons (Fsp3) is 0.933. The molecule has 0 aromatic rings. The van der Waals surface area contributed by atoms with Crippen LogP contribution in [0.3, 0.4) is 0 Å². The zero-order chi connectivity index (χ0) is 11.5. The molecule has 0 amide bonds. The molecule has 0 aromatic heterocycles. The fourth-order valence-electron chi connectivity index (χ4n) is 1.99. The summed E-state index contributed by atoms with van der Waals surface area (Å²) in [6.45, 7) is 11.0. The lowest BCUT2D eigenvalue weighted by molar-refractivity contribution is 0.352. The van der Waals surface area contributed by atoms with Crippen molar-refractivity contribution in [1.82, 2.24) is 0 Å². The summed E-state index contributed by atoms with van der Waals surface area (Å²) in [6.07, 6.45) is 12.5. The summed E-state index contributed by atoms with van der Waals surface area (Å²) in [6, 6.07) is 0. The maximum absolute atomic E-state index is 3.98. The molecule has 0 spiro atoms. The molecule has 0 N–H and O–H groups in total. The van der Waals surface area contributed by atoms with Crippen LogP contribution in [0.25, 0.3) is 0 Å². The van der Waals surface area contributed by atoms with E-state index in [4.69, 9.17) is 0 Å². The Morgan fingerprint density at radius 1 is 0.800 bits per heavy atom. The SMILES string of the molecule is [CH2]CC(C)C(C)CCCCCCCCC. The highest BCUT2D eigenvalue weighted by Crippen LogP contribution is 2.21. The van der Waals surface area contributed by atoms with Crippen LogP contribution in [-0.2, 0) is 0 Å². The van der Waals surface area contributed by atoms with Gasteiger partial charge in [0.2, 0.25) is 0 Å². The molecule has 2 atom stereocenters.